The number of sulfonamides is 1. The lowest BCUT2D eigenvalue weighted by Crippen LogP contribution is -2.36. The van der Waals surface area contributed by atoms with Gasteiger partial charge in [0.25, 0.3) is 0 Å². The smallest absolute Gasteiger partial charge is 0.241 e. The van der Waals surface area contributed by atoms with Crippen LogP contribution in [0.5, 0.6) is 5.75 Å². The molecule has 25 heavy (non-hydrogen) atoms. The first kappa shape index (κ1) is 19.0. The molecular formula is C18H22N2O4S. The van der Waals surface area contributed by atoms with Crippen LogP contribution in [0.25, 0.3) is 0 Å². The van der Waals surface area contributed by atoms with Gasteiger partial charge in [-0.3, -0.25) is 4.79 Å². The average Bonchev–Trinajstić information content (AvgIpc) is 2.59. The summed E-state index contributed by atoms with van der Waals surface area (Å²) in [5.41, 5.74) is 0.944. The fraction of sp³-hybridized carbons (Fsp3) is 0.278. The number of ether oxygens (including phenoxy) is 1. The van der Waals surface area contributed by atoms with Crippen LogP contribution in [0.15, 0.2) is 59.5 Å². The van der Waals surface area contributed by atoms with E-state index in [0.29, 0.717) is 12.3 Å². The topological polar surface area (TPSA) is 84.5 Å². The van der Waals surface area contributed by atoms with Gasteiger partial charge in [0.05, 0.1) is 17.5 Å². The van der Waals surface area contributed by atoms with Gasteiger partial charge in [-0.15, -0.1) is 0 Å². The largest absolute Gasteiger partial charge is 0.491 e. The van der Waals surface area contributed by atoms with E-state index in [1.807, 2.05) is 44.2 Å². The van der Waals surface area contributed by atoms with Crippen LogP contribution in [0.3, 0.4) is 0 Å². The highest BCUT2D eigenvalue weighted by atomic mass is 32.2. The molecule has 0 atom stereocenters. The lowest BCUT2D eigenvalue weighted by atomic mass is 10.2. The van der Waals surface area contributed by atoms with Crippen LogP contribution in [0, 0.1) is 0 Å². The van der Waals surface area contributed by atoms with Gasteiger partial charge in [-0.2, -0.15) is 0 Å². The van der Waals surface area contributed by atoms with E-state index in [4.69, 9.17) is 4.74 Å². The van der Waals surface area contributed by atoms with Crippen LogP contribution < -0.4 is 14.8 Å². The summed E-state index contributed by atoms with van der Waals surface area (Å²) in [6, 6.07) is 15.5. The third-order valence-corrected chi connectivity index (χ3v) is 4.68. The maximum absolute atomic E-state index is 12.2. The van der Waals surface area contributed by atoms with Crippen molar-refractivity contribution in [1.82, 2.24) is 10.0 Å². The molecule has 0 heterocycles. The SMILES string of the molecule is CC(C)Oc1ccc(S(=O)(=O)NCC(=O)NCc2ccccc2)cc1. The van der Waals surface area contributed by atoms with Crippen molar-refractivity contribution in [2.75, 3.05) is 6.54 Å². The number of hydrogen-bond acceptors (Lipinski definition) is 4. The Kier molecular flexibility index (Phi) is 6.55. The van der Waals surface area contributed by atoms with Crippen LogP contribution >= 0.6 is 0 Å². The third kappa shape index (κ3) is 6.21. The Balaban J connectivity index is 1.87. The summed E-state index contributed by atoms with van der Waals surface area (Å²) < 4.78 is 32.2. The minimum Gasteiger partial charge on any atom is -0.491 e. The van der Waals surface area contributed by atoms with Crippen molar-refractivity contribution in [3.8, 4) is 5.75 Å². The van der Waals surface area contributed by atoms with Crippen LogP contribution in [0.4, 0.5) is 0 Å². The predicted octanol–water partition coefficient (Wildman–Crippen LogP) is 2.07. The average molecular weight is 362 g/mol. The Labute approximate surface area is 148 Å². The standard InChI is InChI=1S/C18H22N2O4S/c1-14(2)24-16-8-10-17(11-9-16)25(22,23)20-13-18(21)19-12-15-6-4-3-5-7-15/h3-11,14,20H,12-13H2,1-2H3,(H,19,21). The van der Waals surface area contributed by atoms with Crippen LogP contribution in [0.2, 0.25) is 0 Å². The van der Waals surface area contributed by atoms with Gasteiger partial charge in [0.15, 0.2) is 0 Å². The van der Waals surface area contributed by atoms with Crippen molar-refractivity contribution in [3.63, 3.8) is 0 Å². The molecule has 2 rings (SSSR count). The van der Waals surface area contributed by atoms with Crippen molar-refractivity contribution < 1.29 is 17.9 Å². The fourth-order valence-electron chi connectivity index (χ4n) is 2.07. The van der Waals surface area contributed by atoms with Gasteiger partial charge >= 0.3 is 0 Å². The third-order valence-electron chi connectivity index (χ3n) is 3.26. The summed E-state index contributed by atoms with van der Waals surface area (Å²) in [6.45, 7) is 3.81. The lowest BCUT2D eigenvalue weighted by molar-refractivity contribution is -0.120. The lowest BCUT2D eigenvalue weighted by Gasteiger charge is -2.11. The summed E-state index contributed by atoms with van der Waals surface area (Å²) in [5, 5.41) is 2.67. The van der Waals surface area contributed by atoms with Gasteiger partial charge < -0.3 is 10.1 Å². The number of amides is 1. The van der Waals surface area contributed by atoms with E-state index in [2.05, 4.69) is 10.0 Å². The number of nitrogens with one attached hydrogen (secondary N) is 2. The molecule has 0 bridgehead atoms. The number of carbonyl (C=O) groups is 1. The highest BCUT2D eigenvalue weighted by Crippen LogP contribution is 2.16. The predicted molar refractivity (Wildman–Crippen MR) is 95.7 cm³/mol. The van der Waals surface area contributed by atoms with Crippen LogP contribution in [-0.2, 0) is 21.4 Å². The monoisotopic (exact) mass is 362 g/mol. The molecule has 6 nitrogen and oxygen atoms in total. The highest BCUT2D eigenvalue weighted by Gasteiger charge is 2.15. The van der Waals surface area contributed by atoms with Gasteiger partial charge in [-0.1, -0.05) is 30.3 Å². The molecule has 134 valence electrons. The molecule has 0 saturated heterocycles. The molecule has 2 N–H and O–H groups in total. The van der Waals surface area contributed by atoms with Gasteiger partial charge in [0.2, 0.25) is 15.9 Å². The number of carbonyl (C=O) groups excluding carboxylic acids is 1. The molecular weight excluding hydrogens is 340 g/mol. The van der Waals surface area contributed by atoms with Crippen molar-refractivity contribution >= 4 is 15.9 Å². The first-order valence-electron chi connectivity index (χ1n) is 7.94. The zero-order valence-corrected chi connectivity index (χ0v) is 15.0. The second kappa shape index (κ2) is 8.64. The summed E-state index contributed by atoms with van der Waals surface area (Å²) in [5.74, 6) is 0.196. The number of rotatable bonds is 8. The first-order chi connectivity index (χ1) is 11.9. The van der Waals surface area contributed by atoms with Crippen LogP contribution in [0.1, 0.15) is 19.4 Å². The van der Waals surface area contributed by atoms with E-state index in [1.165, 1.54) is 12.1 Å². The van der Waals surface area contributed by atoms with Gasteiger partial charge in [-0.25, -0.2) is 13.1 Å². The number of benzene rings is 2. The van der Waals surface area contributed by atoms with Crippen molar-refractivity contribution in [3.05, 3.63) is 60.2 Å². The summed E-state index contributed by atoms with van der Waals surface area (Å²) in [7, 11) is -3.75. The molecule has 0 radical (unpaired) electrons. The van der Waals surface area contributed by atoms with Crippen molar-refractivity contribution in [1.29, 1.82) is 0 Å². The Hall–Kier alpha value is -2.38. The van der Waals surface area contributed by atoms with Crippen molar-refractivity contribution in [2.24, 2.45) is 0 Å². The molecule has 0 aliphatic rings. The Morgan fingerprint density at radius 1 is 1.04 bits per heavy atom. The Bertz CT molecular complexity index is 788. The molecule has 0 aromatic heterocycles. The van der Waals surface area contributed by atoms with E-state index in [-0.39, 0.29) is 17.5 Å². The normalized spacial score (nSPS) is 11.3. The zero-order valence-electron chi connectivity index (χ0n) is 14.2. The molecule has 0 spiro atoms. The maximum atomic E-state index is 12.2. The Morgan fingerprint density at radius 3 is 2.28 bits per heavy atom. The molecule has 2 aromatic carbocycles. The highest BCUT2D eigenvalue weighted by molar-refractivity contribution is 7.89. The second-order valence-corrected chi connectivity index (χ2v) is 7.49. The zero-order chi connectivity index (χ0) is 18.3. The molecule has 0 unspecified atom stereocenters. The van der Waals surface area contributed by atoms with E-state index < -0.39 is 15.9 Å². The first-order valence-corrected chi connectivity index (χ1v) is 9.42. The summed E-state index contributed by atoms with van der Waals surface area (Å²) in [6.07, 6.45) is 0.00823. The molecule has 0 saturated carbocycles. The van der Waals surface area contributed by atoms with E-state index in [9.17, 15) is 13.2 Å². The molecule has 1 amide bonds. The van der Waals surface area contributed by atoms with E-state index >= 15 is 0 Å². The summed E-state index contributed by atoms with van der Waals surface area (Å²) in [4.78, 5) is 11.9. The fourth-order valence-corrected chi connectivity index (χ4v) is 3.05. The second-order valence-electron chi connectivity index (χ2n) is 5.72. The van der Waals surface area contributed by atoms with Crippen molar-refractivity contribution in [2.45, 2.75) is 31.4 Å². The molecule has 2 aromatic rings. The minimum absolute atomic E-state index is 0.00823. The quantitative estimate of drug-likeness (QED) is 0.753. The molecule has 0 aliphatic carbocycles. The van der Waals surface area contributed by atoms with Crippen LogP contribution in [-0.4, -0.2) is 27.0 Å². The molecule has 0 fully saturated rings. The number of hydrogen-bond donors (Lipinski definition) is 2. The molecule has 7 heteroatoms. The van der Waals surface area contributed by atoms with E-state index in [0.717, 1.165) is 5.56 Å². The van der Waals surface area contributed by atoms with Gasteiger partial charge in [0, 0.05) is 6.54 Å². The molecule has 0 aliphatic heterocycles. The van der Waals surface area contributed by atoms with Gasteiger partial charge in [0.1, 0.15) is 5.75 Å². The maximum Gasteiger partial charge on any atom is 0.241 e. The summed E-state index contributed by atoms with van der Waals surface area (Å²) >= 11 is 0. The van der Waals surface area contributed by atoms with E-state index in [1.54, 1.807) is 12.1 Å². The minimum atomic E-state index is -3.75. The van der Waals surface area contributed by atoms with Gasteiger partial charge in [-0.05, 0) is 43.7 Å². The Morgan fingerprint density at radius 2 is 1.68 bits per heavy atom.